The van der Waals surface area contributed by atoms with E-state index in [4.69, 9.17) is 28.4 Å². The third-order valence-corrected chi connectivity index (χ3v) is 4.19. The summed E-state index contributed by atoms with van der Waals surface area (Å²) in [6.07, 6.45) is 1.52. The second kappa shape index (κ2) is 9.08. The van der Waals surface area contributed by atoms with Crippen molar-refractivity contribution in [1.29, 1.82) is 0 Å². The van der Waals surface area contributed by atoms with Crippen molar-refractivity contribution in [3.63, 3.8) is 0 Å². The summed E-state index contributed by atoms with van der Waals surface area (Å²) in [5, 5.41) is 0. The normalized spacial score (nSPS) is 10.2. The van der Waals surface area contributed by atoms with Gasteiger partial charge in [0.25, 0.3) is 0 Å². The SMILES string of the molecule is COc1cc(OC)c(OC)cc1CCc1cc(OC)c(OC)c(OC)c1. The van der Waals surface area contributed by atoms with E-state index < -0.39 is 0 Å². The van der Waals surface area contributed by atoms with Crippen LogP contribution in [-0.2, 0) is 12.8 Å². The maximum atomic E-state index is 5.50. The topological polar surface area (TPSA) is 55.4 Å². The van der Waals surface area contributed by atoms with Crippen molar-refractivity contribution >= 4 is 0 Å². The van der Waals surface area contributed by atoms with Crippen molar-refractivity contribution in [1.82, 2.24) is 0 Å². The van der Waals surface area contributed by atoms with E-state index in [0.29, 0.717) is 28.7 Å². The lowest BCUT2D eigenvalue weighted by atomic mass is 10.0. The average molecular weight is 362 g/mol. The van der Waals surface area contributed by atoms with Crippen LogP contribution in [0, 0.1) is 0 Å². The lowest BCUT2D eigenvalue weighted by molar-refractivity contribution is 0.323. The third kappa shape index (κ3) is 4.07. The summed E-state index contributed by atoms with van der Waals surface area (Å²) < 4.78 is 32.4. The molecule has 0 spiro atoms. The number of benzene rings is 2. The fourth-order valence-electron chi connectivity index (χ4n) is 2.85. The van der Waals surface area contributed by atoms with Crippen molar-refractivity contribution in [3.05, 3.63) is 35.4 Å². The molecule has 0 N–H and O–H groups in total. The van der Waals surface area contributed by atoms with Crippen molar-refractivity contribution < 1.29 is 28.4 Å². The maximum Gasteiger partial charge on any atom is 0.203 e. The molecule has 0 aliphatic heterocycles. The first-order chi connectivity index (χ1) is 12.6. The lowest BCUT2D eigenvalue weighted by Crippen LogP contribution is -2.01. The van der Waals surface area contributed by atoms with Crippen LogP contribution < -0.4 is 28.4 Å². The quantitative estimate of drug-likeness (QED) is 0.680. The Morgan fingerprint density at radius 1 is 0.500 bits per heavy atom. The summed E-state index contributed by atoms with van der Waals surface area (Å²) in [6.45, 7) is 0. The number of methoxy groups -OCH3 is 6. The molecule has 0 fully saturated rings. The van der Waals surface area contributed by atoms with Gasteiger partial charge in [0.1, 0.15) is 5.75 Å². The van der Waals surface area contributed by atoms with Gasteiger partial charge in [0.15, 0.2) is 23.0 Å². The first-order valence-corrected chi connectivity index (χ1v) is 8.19. The predicted octanol–water partition coefficient (Wildman–Crippen LogP) is 3.52. The Kier molecular flexibility index (Phi) is 6.83. The van der Waals surface area contributed by atoms with E-state index in [1.165, 1.54) is 0 Å². The molecular weight excluding hydrogens is 336 g/mol. The number of rotatable bonds is 9. The molecule has 0 amide bonds. The Morgan fingerprint density at radius 3 is 1.46 bits per heavy atom. The lowest BCUT2D eigenvalue weighted by Gasteiger charge is -2.16. The maximum absolute atomic E-state index is 5.50. The highest BCUT2D eigenvalue weighted by molar-refractivity contribution is 5.54. The molecule has 0 saturated carbocycles. The van der Waals surface area contributed by atoms with E-state index in [-0.39, 0.29) is 0 Å². The number of hydrogen-bond acceptors (Lipinski definition) is 6. The van der Waals surface area contributed by atoms with Crippen LogP contribution in [0.25, 0.3) is 0 Å². The Bertz CT molecular complexity index is 716. The predicted molar refractivity (Wildman–Crippen MR) is 99.6 cm³/mol. The second-order valence-electron chi connectivity index (χ2n) is 5.55. The fraction of sp³-hybridized carbons (Fsp3) is 0.400. The van der Waals surface area contributed by atoms with Gasteiger partial charge in [-0.2, -0.15) is 0 Å². The zero-order valence-corrected chi connectivity index (χ0v) is 16.2. The minimum atomic E-state index is 0.586. The molecule has 0 heterocycles. The van der Waals surface area contributed by atoms with Gasteiger partial charge in [-0.3, -0.25) is 0 Å². The van der Waals surface area contributed by atoms with Crippen molar-refractivity contribution in [2.24, 2.45) is 0 Å². The van der Waals surface area contributed by atoms with E-state index in [1.54, 1.807) is 42.7 Å². The first kappa shape index (κ1) is 19.6. The van der Waals surface area contributed by atoms with Gasteiger partial charge in [-0.1, -0.05) is 0 Å². The Hall–Kier alpha value is -2.76. The highest BCUT2D eigenvalue weighted by atomic mass is 16.5. The molecule has 0 aromatic heterocycles. The molecule has 0 unspecified atom stereocenters. The van der Waals surface area contributed by atoms with E-state index >= 15 is 0 Å². The highest BCUT2D eigenvalue weighted by Crippen LogP contribution is 2.39. The number of aryl methyl sites for hydroxylation is 2. The first-order valence-electron chi connectivity index (χ1n) is 8.19. The van der Waals surface area contributed by atoms with Gasteiger partial charge < -0.3 is 28.4 Å². The van der Waals surface area contributed by atoms with Crippen molar-refractivity contribution in [2.75, 3.05) is 42.7 Å². The summed E-state index contributed by atoms with van der Waals surface area (Å²) in [5.74, 6) is 3.94. The largest absolute Gasteiger partial charge is 0.496 e. The smallest absolute Gasteiger partial charge is 0.203 e. The van der Waals surface area contributed by atoms with Gasteiger partial charge in [-0.05, 0) is 42.2 Å². The van der Waals surface area contributed by atoms with E-state index in [1.807, 2.05) is 24.3 Å². The van der Waals surface area contributed by atoms with Crippen molar-refractivity contribution in [2.45, 2.75) is 12.8 Å². The second-order valence-corrected chi connectivity index (χ2v) is 5.55. The van der Waals surface area contributed by atoms with Gasteiger partial charge in [0.2, 0.25) is 5.75 Å². The number of hydrogen-bond donors (Lipinski definition) is 0. The van der Waals surface area contributed by atoms with Gasteiger partial charge in [0, 0.05) is 6.07 Å². The van der Waals surface area contributed by atoms with Gasteiger partial charge in [-0.25, -0.2) is 0 Å². The Labute approximate surface area is 154 Å². The molecule has 26 heavy (non-hydrogen) atoms. The molecule has 6 nitrogen and oxygen atoms in total. The molecule has 2 aromatic rings. The van der Waals surface area contributed by atoms with Crippen LogP contribution in [-0.4, -0.2) is 42.7 Å². The van der Waals surface area contributed by atoms with E-state index in [2.05, 4.69) is 0 Å². The Balaban J connectivity index is 2.31. The summed E-state index contributed by atoms with van der Waals surface area (Å²) in [6, 6.07) is 7.68. The molecule has 0 radical (unpaired) electrons. The van der Waals surface area contributed by atoms with Crippen LogP contribution in [0.1, 0.15) is 11.1 Å². The third-order valence-electron chi connectivity index (χ3n) is 4.19. The average Bonchev–Trinajstić information content (AvgIpc) is 2.70. The van der Waals surface area contributed by atoms with E-state index in [9.17, 15) is 0 Å². The minimum absolute atomic E-state index is 0.586. The summed E-state index contributed by atoms with van der Waals surface area (Å²) in [4.78, 5) is 0. The molecule has 0 bridgehead atoms. The molecule has 0 aliphatic rings. The minimum Gasteiger partial charge on any atom is -0.496 e. The number of ether oxygens (including phenoxy) is 6. The Morgan fingerprint density at radius 2 is 1.00 bits per heavy atom. The molecule has 6 heteroatoms. The van der Waals surface area contributed by atoms with Crippen LogP contribution in [0.3, 0.4) is 0 Å². The summed E-state index contributed by atoms with van der Waals surface area (Å²) >= 11 is 0. The molecule has 2 aromatic carbocycles. The fourth-order valence-corrected chi connectivity index (χ4v) is 2.85. The van der Waals surface area contributed by atoms with Crippen LogP contribution in [0.4, 0.5) is 0 Å². The highest BCUT2D eigenvalue weighted by Gasteiger charge is 2.15. The molecular formula is C20H26O6. The molecule has 0 saturated heterocycles. The van der Waals surface area contributed by atoms with Crippen LogP contribution in [0.5, 0.6) is 34.5 Å². The van der Waals surface area contributed by atoms with Crippen LogP contribution in [0.2, 0.25) is 0 Å². The molecule has 2 rings (SSSR count). The van der Waals surface area contributed by atoms with Gasteiger partial charge in [-0.15, -0.1) is 0 Å². The van der Waals surface area contributed by atoms with Crippen LogP contribution >= 0.6 is 0 Å². The summed E-state index contributed by atoms with van der Waals surface area (Å²) in [5.41, 5.74) is 2.09. The van der Waals surface area contributed by atoms with Gasteiger partial charge >= 0.3 is 0 Å². The van der Waals surface area contributed by atoms with Crippen molar-refractivity contribution in [3.8, 4) is 34.5 Å². The monoisotopic (exact) mass is 362 g/mol. The van der Waals surface area contributed by atoms with Gasteiger partial charge in [0.05, 0.1) is 42.7 Å². The summed E-state index contributed by atoms with van der Waals surface area (Å²) in [7, 11) is 9.68. The zero-order valence-electron chi connectivity index (χ0n) is 16.2. The van der Waals surface area contributed by atoms with Crippen LogP contribution in [0.15, 0.2) is 24.3 Å². The molecule has 0 atom stereocenters. The standard InChI is InChI=1S/C20H26O6/c1-21-15-12-17(23-3)16(22-2)11-14(15)8-7-13-9-18(24-4)20(26-6)19(10-13)25-5/h9-12H,7-8H2,1-6H3. The molecule has 0 aliphatic carbocycles. The molecule has 142 valence electrons. The zero-order chi connectivity index (χ0) is 19.1. The van der Waals surface area contributed by atoms with E-state index in [0.717, 1.165) is 29.7 Å².